The average Bonchev–Trinajstić information content (AvgIpc) is 2.55. The van der Waals surface area contributed by atoms with Crippen molar-refractivity contribution in [2.75, 3.05) is 31.1 Å². The molecule has 2 heterocycles. The largest absolute Gasteiger partial charge is 0.338 e. The van der Waals surface area contributed by atoms with Gasteiger partial charge in [0.25, 0.3) is 0 Å². The molecule has 0 spiro atoms. The summed E-state index contributed by atoms with van der Waals surface area (Å²) in [7, 11) is -3.66. The molecule has 3 rings (SSSR count). The molecule has 7 nitrogen and oxygen atoms in total. The van der Waals surface area contributed by atoms with Gasteiger partial charge in [0.2, 0.25) is 16.0 Å². The first-order valence-electron chi connectivity index (χ1n) is 7.80. The zero-order chi connectivity index (χ0) is 17.2. The van der Waals surface area contributed by atoms with Crippen LogP contribution in [-0.4, -0.2) is 49.5 Å². The molecule has 1 saturated heterocycles. The topological polar surface area (TPSA) is 92.4 Å². The van der Waals surface area contributed by atoms with Gasteiger partial charge >= 0.3 is 0 Å². The smallest absolute Gasteiger partial charge is 0.238 e. The van der Waals surface area contributed by atoms with E-state index in [-0.39, 0.29) is 4.90 Å². The Hall–Kier alpha value is -2.03. The van der Waals surface area contributed by atoms with Crippen molar-refractivity contribution in [1.29, 1.82) is 0 Å². The second kappa shape index (κ2) is 6.84. The number of primary sulfonamides is 1. The van der Waals surface area contributed by atoms with E-state index in [0.29, 0.717) is 5.56 Å². The minimum atomic E-state index is -3.66. The zero-order valence-electron chi connectivity index (χ0n) is 13.6. The van der Waals surface area contributed by atoms with Gasteiger partial charge in [0.15, 0.2) is 0 Å². The SMILES string of the molecule is Cc1cc(CN2CCN(c3ncccn3)CC2)ccc1S(N)(=O)=O. The van der Waals surface area contributed by atoms with Gasteiger partial charge in [-0.2, -0.15) is 0 Å². The number of nitrogens with zero attached hydrogens (tertiary/aromatic N) is 4. The molecule has 0 bridgehead atoms. The van der Waals surface area contributed by atoms with Crippen LogP contribution >= 0.6 is 0 Å². The van der Waals surface area contributed by atoms with Crippen LogP contribution in [0, 0.1) is 6.92 Å². The van der Waals surface area contributed by atoms with E-state index < -0.39 is 10.0 Å². The minimum absolute atomic E-state index is 0.192. The Morgan fingerprint density at radius 3 is 2.38 bits per heavy atom. The highest BCUT2D eigenvalue weighted by Gasteiger charge is 2.19. The van der Waals surface area contributed by atoms with Crippen LogP contribution in [0.2, 0.25) is 0 Å². The molecule has 0 unspecified atom stereocenters. The summed E-state index contributed by atoms with van der Waals surface area (Å²) in [5.41, 5.74) is 1.77. The average molecular weight is 347 g/mol. The summed E-state index contributed by atoms with van der Waals surface area (Å²) in [6, 6.07) is 7.13. The van der Waals surface area contributed by atoms with Crippen LogP contribution in [0.5, 0.6) is 0 Å². The summed E-state index contributed by atoms with van der Waals surface area (Å²) in [5.74, 6) is 0.769. The van der Waals surface area contributed by atoms with Crippen LogP contribution in [0.15, 0.2) is 41.6 Å². The first-order valence-corrected chi connectivity index (χ1v) is 9.35. The van der Waals surface area contributed by atoms with E-state index in [2.05, 4.69) is 19.8 Å². The summed E-state index contributed by atoms with van der Waals surface area (Å²) in [5, 5.41) is 5.21. The molecular formula is C16H21N5O2S. The molecule has 2 N–H and O–H groups in total. The fourth-order valence-corrected chi connectivity index (χ4v) is 3.71. The lowest BCUT2D eigenvalue weighted by molar-refractivity contribution is 0.248. The second-order valence-electron chi connectivity index (χ2n) is 5.96. The lowest BCUT2D eigenvalue weighted by Gasteiger charge is -2.34. The number of hydrogen-bond acceptors (Lipinski definition) is 6. The maximum absolute atomic E-state index is 11.5. The van der Waals surface area contributed by atoms with Crippen LogP contribution in [0.25, 0.3) is 0 Å². The Labute approximate surface area is 142 Å². The fraction of sp³-hybridized carbons (Fsp3) is 0.375. The van der Waals surface area contributed by atoms with E-state index in [1.54, 1.807) is 25.4 Å². The Morgan fingerprint density at radius 1 is 1.12 bits per heavy atom. The van der Waals surface area contributed by atoms with E-state index >= 15 is 0 Å². The van der Waals surface area contributed by atoms with Crippen LogP contribution in [0.3, 0.4) is 0 Å². The van der Waals surface area contributed by atoms with E-state index in [4.69, 9.17) is 5.14 Å². The summed E-state index contributed by atoms with van der Waals surface area (Å²) in [4.78, 5) is 13.3. The van der Waals surface area contributed by atoms with E-state index in [9.17, 15) is 8.42 Å². The van der Waals surface area contributed by atoms with Gasteiger partial charge in [0.1, 0.15) is 0 Å². The predicted octanol–water partition coefficient (Wildman–Crippen LogP) is 0.755. The number of nitrogens with two attached hydrogens (primary N) is 1. The number of hydrogen-bond donors (Lipinski definition) is 1. The van der Waals surface area contributed by atoms with Gasteiger partial charge in [-0.05, 0) is 30.2 Å². The quantitative estimate of drug-likeness (QED) is 0.878. The summed E-state index contributed by atoms with van der Waals surface area (Å²) < 4.78 is 23.0. The number of piperazine rings is 1. The van der Waals surface area contributed by atoms with Gasteiger partial charge in [-0.25, -0.2) is 23.5 Å². The monoisotopic (exact) mass is 347 g/mol. The van der Waals surface area contributed by atoms with Gasteiger partial charge in [0.05, 0.1) is 4.90 Å². The molecule has 1 aromatic heterocycles. The molecule has 0 aliphatic carbocycles. The molecule has 2 aromatic rings. The minimum Gasteiger partial charge on any atom is -0.338 e. The Morgan fingerprint density at radius 2 is 1.79 bits per heavy atom. The highest BCUT2D eigenvalue weighted by atomic mass is 32.2. The maximum atomic E-state index is 11.5. The third-order valence-corrected chi connectivity index (χ3v) is 5.23. The molecule has 24 heavy (non-hydrogen) atoms. The number of benzene rings is 1. The molecule has 1 aliphatic heterocycles. The Kier molecular flexibility index (Phi) is 4.79. The van der Waals surface area contributed by atoms with Gasteiger partial charge in [-0.15, -0.1) is 0 Å². The number of sulfonamides is 1. The second-order valence-corrected chi connectivity index (χ2v) is 7.49. The zero-order valence-corrected chi connectivity index (χ0v) is 14.4. The van der Waals surface area contributed by atoms with Crippen LogP contribution in [0.4, 0.5) is 5.95 Å². The molecule has 1 aromatic carbocycles. The molecule has 1 fully saturated rings. The van der Waals surface area contributed by atoms with Crippen molar-refractivity contribution >= 4 is 16.0 Å². The number of aryl methyl sites for hydroxylation is 1. The van der Waals surface area contributed by atoms with Crippen molar-refractivity contribution in [3.63, 3.8) is 0 Å². The van der Waals surface area contributed by atoms with E-state index in [0.717, 1.165) is 44.2 Å². The lowest BCUT2D eigenvalue weighted by atomic mass is 10.1. The van der Waals surface area contributed by atoms with Crippen LogP contribution in [0.1, 0.15) is 11.1 Å². The normalized spacial score (nSPS) is 16.3. The van der Waals surface area contributed by atoms with Crippen molar-refractivity contribution in [3.05, 3.63) is 47.8 Å². The predicted molar refractivity (Wildman–Crippen MR) is 92.1 cm³/mol. The Balaban J connectivity index is 1.61. The van der Waals surface area contributed by atoms with Crippen molar-refractivity contribution in [1.82, 2.24) is 14.9 Å². The van der Waals surface area contributed by atoms with E-state index in [1.165, 1.54) is 0 Å². The third kappa shape index (κ3) is 3.89. The van der Waals surface area contributed by atoms with Gasteiger partial charge < -0.3 is 4.90 Å². The van der Waals surface area contributed by atoms with E-state index in [1.807, 2.05) is 18.2 Å². The highest BCUT2D eigenvalue weighted by Crippen LogP contribution is 2.18. The van der Waals surface area contributed by atoms with Crippen LogP contribution < -0.4 is 10.0 Å². The molecule has 0 radical (unpaired) electrons. The molecule has 0 saturated carbocycles. The first-order chi connectivity index (χ1) is 11.4. The molecule has 8 heteroatoms. The Bertz CT molecular complexity index is 802. The summed E-state index contributed by atoms with van der Waals surface area (Å²) >= 11 is 0. The summed E-state index contributed by atoms with van der Waals surface area (Å²) in [6.45, 7) is 6.13. The van der Waals surface area contributed by atoms with Crippen molar-refractivity contribution < 1.29 is 8.42 Å². The number of anilines is 1. The van der Waals surface area contributed by atoms with Gasteiger partial charge in [-0.1, -0.05) is 12.1 Å². The van der Waals surface area contributed by atoms with Crippen molar-refractivity contribution in [3.8, 4) is 0 Å². The standard InChI is InChI=1S/C16H21N5O2S/c1-13-11-14(3-4-15(13)24(17,22)23)12-20-7-9-21(10-8-20)16-18-5-2-6-19-16/h2-6,11H,7-10,12H2,1H3,(H2,17,22,23). The maximum Gasteiger partial charge on any atom is 0.238 e. The van der Waals surface area contributed by atoms with Crippen molar-refractivity contribution in [2.24, 2.45) is 5.14 Å². The highest BCUT2D eigenvalue weighted by molar-refractivity contribution is 7.89. The van der Waals surface area contributed by atoms with Crippen LogP contribution in [-0.2, 0) is 16.6 Å². The van der Waals surface area contributed by atoms with Crippen molar-refractivity contribution in [2.45, 2.75) is 18.4 Å². The summed E-state index contributed by atoms with van der Waals surface area (Å²) in [6.07, 6.45) is 3.51. The van der Waals surface area contributed by atoms with Gasteiger partial charge in [0, 0.05) is 45.1 Å². The number of rotatable bonds is 4. The molecular weight excluding hydrogens is 326 g/mol. The lowest BCUT2D eigenvalue weighted by Crippen LogP contribution is -2.46. The third-order valence-electron chi connectivity index (χ3n) is 4.16. The number of aromatic nitrogens is 2. The first kappa shape index (κ1) is 16.8. The van der Waals surface area contributed by atoms with Gasteiger partial charge in [-0.3, -0.25) is 4.90 Å². The molecule has 1 aliphatic rings. The molecule has 0 amide bonds. The molecule has 0 atom stereocenters. The molecule has 128 valence electrons. The fourth-order valence-electron chi connectivity index (χ4n) is 2.95.